The van der Waals surface area contributed by atoms with E-state index in [0.29, 0.717) is 19.8 Å². The molecule has 144 valence electrons. The highest BCUT2D eigenvalue weighted by Crippen LogP contribution is 2.16. The number of ether oxygens (including phenoxy) is 3. The number of aliphatic hydroxyl groups excluding tert-OH is 2. The first-order chi connectivity index (χ1) is 11.6. The predicted molar refractivity (Wildman–Crippen MR) is 97.2 cm³/mol. The van der Waals surface area contributed by atoms with E-state index in [1.807, 2.05) is 0 Å². The molecule has 0 heterocycles. The molecule has 0 bridgehead atoms. The van der Waals surface area contributed by atoms with Crippen LogP contribution in [-0.4, -0.2) is 61.1 Å². The van der Waals surface area contributed by atoms with Gasteiger partial charge in [-0.05, 0) is 19.3 Å². The Labute approximate surface area is 148 Å². The van der Waals surface area contributed by atoms with E-state index < -0.39 is 24.4 Å². The van der Waals surface area contributed by atoms with Gasteiger partial charge in [0.2, 0.25) is 0 Å². The lowest BCUT2D eigenvalue weighted by Gasteiger charge is -2.33. The average molecular weight is 347 g/mol. The Morgan fingerprint density at radius 1 is 0.833 bits per heavy atom. The topological polar surface area (TPSA) is 68.2 Å². The van der Waals surface area contributed by atoms with Crippen LogP contribution in [0, 0.1) is 0 Å². The fourth-order valence-electron chi connectivity index (χ4n) is 2.22. The Kier molecular flexibility index (Phi) is 15.7. The zero-order valence-electron chi connectivity index (χ0n) is 15.8. The van der Waals surface area contributed by atoms with Gasteiger partial charge in [-0.1, -0.05) is 46.1 Å². The second-order valence-corrected chi connectivity index (χ2v) is 6.10. The minimum absolute atomic E-state index is 0.175. The molecule has 0 rings (SSSR count). The first-order valence-electron chi connectivity index (χ1n) is 9.41. The zero-order chi connectivity index (χ0) is 18.2. The summed E-state index contributed by atoms with van der Waals surface area (Å²) in [5.41, 5.74) is 0. The van der Waals surface area contributed by atoms with E-state index in [1.165, 1.54) is 6.08 Å². The van der Waals surface area contributed by atoms with E-state index in [1.54, 1.807) is 0 Å². The van der Waals surface area contributed by atoms with Gasteiger partial charge in [0.15, 0.2) is 0 Å². The SMILES string of the molecule is C=CC(O)[C@H](OCCCC)C(OCCCC)C(O)COCCCC. The molecule has 0 aliphatic carbocycles. The lowest BCUT2D eigenvalue weighted by atomic mass is 10.0. The lowest BCUT2D eigenvalue weighted by Crippen LogP contribution is -2.49. The van der Waals surface area contributed by atoms with Crippen molar-refractivity contribution in [1.29, 1.82) is 0 Å². The molecule has 5 heteroatoms. The molecule has 0 fully saturated rings. The smallest absolute Gasteiger partial charge is 0.116 e. The molecule has 5 nitrogen and oxygen atoms in total. The van der Waals surface area contributed by atoms with E-state index in [0.717, 1.165) is 38.5 Å². The molecular formula is C19H38O5. The second kappa shape index (κ2) is 16.0. The van der Waals surface area contributed by atoms with Gasteiger partial charge in [0.25, 0.3) is 0 Å². The summed E-state index contributed by atoms with van der Waals surface area (Å²) in [4.78, 5) is 0. The van der Waals surface area contributed by atoms with Crippen molar-refractivity contribution in [3.63, 3.8) is 0 Å². The molecular weight excluding hydrogens is 308 g/mol. The number of hydrogen-bond acceptors (Lipinski definition) is 5. The van der Waals surface area contributed by atoms with E-state index in [-0.39, 0.29) is 6.61 Å². The Morgan fingerprint density at radius 3 is 1.83 bits per heavy atom. The number of aliphatic hydroxyl groups is 2. The van der Waals surface area contributed by atoms with Gasteiger partial charge in [-0.25, -0.2) is 0 Å². The van der Waals surface area contributed by atoms with Crippen molar-refractivity contribution < 1.29 is 24.4 Å². The van der Waals surface area contributed by atoms with Crippen LogP contribution in [0.25, 0.3) is 0 Å². The van der Waals surface area contributed by atoms with Crippen LogP contribution in [0.15, 0.2) is 12.7 Å². The molecule has 0 aliphatic heterocycles. The van der Waals surface area contributed by atoms with Crippen LogP contribution < -0.4 is 0 Å². The molecule has 0 saturated heterocycles. The van der Waals surface area contributed by atoms with Crippen LogP contribution in [0.4, 0.5) is 0 Å². The Hall–Kier alpha value is -0.460. The van der Waals surface area contributed by atoms with E-state index >= 15 is 0 Å². The molecule has 0 aromatic carbocycles. The fourth-order valence-corrected chi connectivity index (χ4v) is 2.22. The summed E-state index contributed by atoms with van der Waals surface area (Å²) in [7, 11) is 0. The summed E-state index contributed by atoms with van der Waals surface area (Å²) >= 11 is 0. The Morgan fingerprint density at radius 2 is 1.33 bits per heavy atom. The lowest BCUT2D eigenvalue weighted by molar-refractivity contribution is -0.160. The largest absolute Gasteiger partial charge is 0.388 e. The molecule has 3 unspecified atom stereocenters. The summed E-state index contributed by atoms with van der Waals surface area (Å²) in [6.07, 6.45) is 4.21. The summed E-state index contributed by atoms with van der Waals surface area (Å²) in [5, 5.41) is 20.7. The number of unbranched alkanes of at least 4 members (excludes halogenated alkanes) is 3. The van der Waals surface area contributed by atoms with Crippen molar-refractivity contribution in [2.24, 2.45) is 0 Å². The summed E-state index contributed by atoms with van der Waals surface area (Å²) in [5.74, 6) is 0. The second-order valence-electron chi connectivity index (χ2n) is 6.10. The predicted octanol–water partition coefficient (Wildman–Crippen LogP) is 3.08. The monoisotopic (exact) mass is 346 g/mol. The van der Waals surface area contributed by atoms with Crippen molar-refractivity contribution in [2.75, 3.05) is 26.4 Å². The highest BCUT2D eigenvalue weighted by atomic mass is 16.6. The van der Waals surface area contributed by atoms with Gasteiger partial charge in [0.05, 0.1) is 6.61 Å². The van der Waals surface area contributed by atoms with Gasteiger partial charge >= 0.3 is 0 Å². The minimum Gasteiger partial charge on any atom is -0.388 e. The van der Waals surface area contributed by atoms with Gasteiger partial charge < -0.3 is 24.4 Å². The summed E-state index contributed by atoms with van der Waals surface area (Å²) in [6, 6.07) is 0. The van der Waals surface area contributed by atoms with Crippen molar-refractivity contribution in [3.8, 4) is 0 Å². The van der Waals surface area contributed by atoms with Gasteiger partial charge in [-0.15, -0.1) is 6.58 Å². The van der Waals surface area contributed by atoms with Crippen molar-refractivity contribution in [1.82, 2.24) is 0 Å². The Balaban J connectivity index is 4.80. The maximum Gasteiger partial charge on any atom is 0.116 e. The average Bonchev–Trinajstić information content (AvgIpc) is 2.59. The van der Waals surface area contributed by atoms with Gasteiger partial charge in [0.1, 0.15) is 24.4 Å². The fraction of sp³-hybridized carbons (Fsp3) is 0.895. The van der Waals surface area contributed by atoms with E-state index in [4.69, 9.17) is 14.2 Å². The van der Waals surface area contributed by atoms with Gasteiger partial charge in [-0.2, -0.15) is 0 Å². The number of hydrogen-bond donors (Lipinski definition) is 2. The van der Waals surface area contributed by atoms with Crippen LogP contribution in [0.3, 0.4) is 0 Å². The highest BCUT2D eigenvalue weighted by molar-refractivity contribution is 4.92. The summed E-state index contributed by atoms with van der Waals surface area (Å²) in [6.45, 7) is 11.7. The highest BCUT2D eigenvalue weighted by Gasteiger charge is 2.34. The zero-order valence-corrected chi connectivity index (χ0v) is 15.8. The van der Waals surface area contributed by atoms with Crippen LogP contribution in [-0.2, 0) is 14.2 Å². The molecule has 0 amide bonds. The number of rotatable bonds is 17. The van der Waals surface area contributed by atoms with Gasteiger partial charge in [0, 0.05) is 19.8 Å². The third-order valence-electron chi connectivity index (χ3n) is 3.83. The van der Waals surface area contributed by atoms with E-state index in [2.05, 4.69) is 27.4 Å². The third kappa shape index (κ3) is 10.4. The quantitative estimate of drug-likeness (QED) is 0.313. The first kappa shape index (κ1) is 23.5. The van der Waals surface area contributed by atoms with Crippen molar-refractivity contribution >= 4 is 0 Å². The normalized spacial score (nSPS) is 16.5. The standard InChI is InChI=1S/C19H38O5/c1-5-9-12-22-15-17(21)19(24-14-11-7-3)18(16(20)8-4)23-13-10-6-2/h8,16-21H,4-7,9-15H2,1-3H3/t16?,17?,18-,19?/m0/s1. The Bertz CT molecular complexity index is 285. The molecule has 4 atom stereocenters. The third-order valence-corrected chi connectivity index (χ3v) is 3.83. The van der Waals surface area contributed by atoms with Crippen LogP contribution >= 0.6 is 0 Å². The molecule has 0 saturated carbocycles. The molecule has 0 aliphatic rings. The van der Waals surface area contributed by atoms with Gasteiger partial charge in [-0.3, -0.25) is 0 Å². The maximum atomic E-state index is 10.5. The van der Waals surface area contributed by atoms with E-state index in [9.17, 15) is 10.2 Å². The molecule has 0 radical (unpaired) electrons. The summed E-state index contributed by atoms with van der Waals surface area (Å²) < 4.78 is 17.2. The molecule has 2 N–H and O–H groups in total. The van der Waals surface area contributed by atoms with Crippen molar-refractivity contribution in [2.45, 2.75) is 83.7 Å². The van der Waals surface area contributed by atoms with Crippen LogP contribution in [0.5, 0.6) is 0 Å². The molecule has 0 aromatic heterocycles. The van der Waals surface area contributed by atoms with Crippen molar-refractivity contribution in [3.05, 3.63) is 12.7 Å². The molecule has 0 aromatic rings. The molecule has 24 heavy (non-hydrogen) atoms. The first-order valence-corrected chi connectivity index (χ1v) is 9.41. The maximum absolute atomic E-state index is 10.5. The van der Waals surface area contributed by atoms with Crippen LogP contribution in [0.2, 0.25) is 0 Å². The molecule has 0 spiro atoms. The van der Waals surface area contributed by atoms with Crippen LogP contribution in [0.1, 0.15) is 59.3 Å². The minimum atomic E-state index is -0.890.